The second-order valence-corrected chi connectivity index (χ2v) is 5.18. The van der Waals surface area contributed by atoms with E-state index in [0.29, 0.717) is 15.9 Å². The lowest BCUT2D eigenvalue weighted by molar-refractivity contribution is 0.0685. The maximum Gasteiger partial charge on any atom is 0.355 e. The molecule has 0 aliphatic heterocycles. The first-order chi connectivity index (χ1) is 8.99. The number of hydrogen-bond donors (Lipinski definition) is 1. The molecule has 1 N–H and O–H groups in total. The van der Waals surface area contributed by atoms with Crippen LogP contribution < -0.4 is 0 Å². The smallest absolute Gasteiger partial charge is 0.355 e. The molecule has 0 saturated heterocycles. The monoisotopic (exact) mass is 279 g/mol. The average Bonchev–Trinajstić information content (AvgIpc) is 2.75. The molecule has 2 aromatic heterocycles. The third kappa shape index (κ3) is 2.90. The van der Waals surface area contributed by atoms with E-state index in [9.17, 15) is 9.90 Å². The number of carbonyl (C=O) groups is 1. The Hall–Kier alpha value is -1.96. The molecule has 0 radical (unpaired) electrons. The Labute approximate surface area is 114 Å². The zero-order valence-electron chi connectivity index (χ0n) is 10.7. The number of nitrogens with zero attached hydrogens (tertiary/aromatic N) is 5. The molecule has 0 aromatic carbocycles. The average molecular weight is 279 g/mol. The van der Waals surface area contributed by atoms with Crippen molar-refractivity contribution in [3.63, 3.8) is 0 Å². The lowest BCUT2D eigenvalue weighted by Gasteiger charge is -2.08. The van der Waals surface area contributed by atoms with Crippen LogP contribution in [0.3, 0.4) is 0 Å². The highest BCUT2D eigenvalue weighted by Gasteiger charge is 2.18. The predicted molar refractivity (Wildman–Crippen MR) is 68.2 cm³/mol. The molecule has 0 aliphatic carbocycles. The number of hydrogen-bond acceptors (Lipinski definition) is 6. The van der Waals surface area contributed by atoms with E-state index < -0.39 is 5.97 Å². The Bertz CT molecular complexity index is 611. The van der Waals surface area contributed by atoms with E-state index in [2.05, 4.69) is 20.1 Å². The molecule has 0 fully saturated rings. The minimum atomic E-state index is -1.08. The van der Waals surface area contributed by atoms with E-state index in [1.165, 1.54) is 24.3 Å². The molecular formula is C11H13N5O2S. The topological polar surface area (TPSA) is 93.8 Å². The summed E-state index contributed by atoms with van der Waals surface area (Å²) in [5, 5.41) is 13.7. The van der Waals surface area contributed by atoms with Gasteiger partial charge in [0.05, 0.1) is 4.90 Å². The summed E-state index contributed by atoms with van der Waals surface area (Å²) >= 11 is 1.18. The van der Waals surface area contributed by atoms with E-state index in [1.807, 2.05) is 13.8 Å². The Morgan fingerprint density at radius 2 is 2.16 bits per heavy atom. The SMILES string of the molecule is CC(C)c1ncc(Sc2ncnn2C)c(C(=O)O)n1. The van der Waals surface area contributed by atoms with Crippen LogP contribution >= 0.6 is 11.8 Å². The van der Waals surface area contributed by atoms with Gasteiger partial charge in [0, 0.05) is 19.2 Å². The first-order valence-corrected chi connectivity index (χ1v) is 6.42. The van der Waals surface area contributed by atoms with Crippen molar-refractivity contribution < 1.29 is 9.90 Å². The third-order valence-corrected chi connectivity index (χ3v) is 3.43. The van der Waals surface area contributed by atoms with Gasteiger partial charge in [0.15, 0.2) is 10.9 Å². The van der Waals surface area contributed by atoms with Gasteiger partial charge >= 0.3 is 5.97 Å². The molecule has 0 spiro atoms. The van der Waals surface area contributed by atoms with Gasteiger partial charge < -0.3 is 5.11 Å². The Balaban J connectivity index is 2.40. The molecule has 100 valence electrons. The van der Waals surface area contributed by atoms with Gasteiger partial charge in [-0.25, -0.2) is 24.4 Å². The van der Waals surface area contributed by atoms with Gasteiger partial charge in [0.2, 0.25) is 0 Å². The fourth-order valence-corrected chi connectivity index (χ4v) is 2.18. The Morgan fingerprint density at radius 1 is 1.42 bits per heavy atom. The van der Waals surface area contributed by atoms with Crippen LogP contribution in [-0.4, -0.2) is 35.8 Å². The van der Waals surface area contributed by atoms with Crippen LogP contribution in [0.1, 0.15) is 36.1 Å². The van der Waals surface area contributed by atoms with Crippen molar-refractivity contribution in [1.29, 1.82) is 0 Å². The van der Waals surface area contributed by atoms with E-state index in [-0.39, 0.29) is 11.6 Å². The second kappa shape index (κ2) is 5.35. The summed E-state index contributed by atoms with van der Waals surface area (Å²) in [6.45, 7) is 3.83. The minimum Gasteiger partial charge on any atom is -0.476 e. The highest BCUT2D eigenvalue weighted by molar-refractivity contribution is 7.99. The van der Waals surface area contributed by atoms with Crippen LogP contribution in [0.25, 0.3) is 0 Å². The van der Waals surface area contributed by atoms with Crippen LogP contribution in [0.4, 0.5) is 0 Å². The molecule has 0 aliphatic rings. The quantitative estimate of drug-likeness (QED) is 0.907. The molecule has 2 heterocycles. The number of rotatable bonds is 4. The van der Waals surface area contributed by atoms with Gasteiger partial charge in [0.25, 0.3) is 0 Å². The van der Waals surface area contributed by atoms with E-state index in [0.717, 1.165) is 0 Å². The van der Waals surface area contributed by atoms with Crippen molar-refractivity contribution in [2.75, 3.05) is 0 Å². The summed E-state index contributed by atoms with van der Waals surface area (Å²) < 4.78 is 1.56. The first kappa shape index (κ1) is 13.5. The first-order valence-electron chi connectivity index (χ1n) is 5.61. The molecule has 0 bridgehead atoms. The third-order valence-electron chi connectivity index (χ3n) is 2.36. The minimum absolute atomic E-state index is 0.00769. The second-order valence-electron chi connectivity index (χ2n) is 4.17. The molecule has 0 atom stereocenters. The van der Waals surface area contributed by atoms with Crippen molar-refractivity contribution in [2.24, 2.45) is 7.05 Å². The Morgan fingerprint density at radius 3 is 2.68 bits per heavy atom. The Kier molecular flexibility index (Phi) is 3.79. The fourth-order valence-electron chi connectivity index (χ4n) is 1.37. The number of carboxylic acids is 1. The number of aromatic carboxylic acids is 1. The van der Waals surface area contributed by atoms with E-state index in [1.54, 1.807) is 11.7 Å². The van der Waals surface area contributed by atoms with Crippen LogP contribution in [0.5, 0.6) is 0 Å². The fraction of sp³-hybridized carbons (Fsp3) is 0.364. The van der Waals surface area contributed by atoms with Gasteiger partial charge in [-0.2, -0.15) is 5.10 Å². The van der Waals surface area contributed by atoms with Crippen LogP contribution in [0, 0.1) is 0 Å². The van der Waals surface area contributed by atoms with E-state index in [4.69, 9.17) is 0 Å². The van der Waals surface area contributed by atoms with Crippen molar-refractivity contribution in [1.82, 2.24) is 24.7 Å². The molecule has 2 rings (SSSR count). The van der Waals surface area contributed by atoms with Crippen molar-refractivity contribution >= 4 is 17.7 Å². The summed E-state index contributed by atoms with van der Waals surface area (Å²) in [5.41, 5.74) is -0.00769. The van der Waals surface area contributed by atoms with Crippen LogP contribution in [-0.2, 0) is 7.05 Å². The number of carboxylic acid groups (broad SMARTS) is 1. The molecule has 7 nitrogen and oxygen atoms in total. The molecule has 19 heavy (non-hydrogen) atoms. The molecule has 0 unspecified atom stereocenters. The lowest BCUT2D eigenvalue weighted by atomic mass is 10.2. The normalized spacial score (nSPS) is 10.9. The van der Waals surface area contributed by atoms with Gasteiger partial charge in [0.1, 0.15) is 12.2 Å². The molecule has 2 aromatic rings. The lowest BCUT2D eigenvalue weighted by Crippen LogP contribution is -2.08. The molecule has 0 amide bonds. The summed E-state index contributed by atoms with van der Waals surface area (Å²) in [4.78, 5) is 24.0. The standard InChI is InChI=1S/C11H13N5O2S/c1-6(2)9-12-4-7(8(15-9)10(17)18)19-11-13-5-14-16(11)3/h4-6H,1-3H3,(H,17,18). The summed E-state index contributed by atoms with van der Waals surface area (Å²) in [5.74, 6) is -0.485. The highest BCUT2D eigenvalue weighted by atomic mass is 32.2. The predicted octanol–water partition coefficient (Wildman–Crippen LogP) is 1.58. The molecule has 0 saturated carbocycles. The van der Waals surface area contributed by atoms with Gasteiger partial charge in [-0.1, -0.05) is 13.8 Å². The van der Waals surface area contributed by atoms with Crippen molar-refractivity contribution in [3.8, 4) is 0 Å². The zero-order chi connectivity index (χ0) is 14.0. The number of aromatic nitrogens is 5. The van der Waals surface area contributed by atoms with Crippen molar-refractivity contribution in [2.45, 2.75) is 29.8 Å². The maximum atomic E-state index is 11.3. The van der Waals surface area contributed by atoms with Crippen LogP contribution in [0.15, 0.2) is 22.6 Å². The van der Waals surface area contributed by atoms with Crippen LogP contribution in [0.2, 0.25) is 0 Å². The summed E-state index contributed by atoms with van der Waals surface area (Å²) in [7, 11) is 1.74. The maximum absolute atomic E-state index is 11.3. The summed E-state index contributed by atoms with van der Waals surface area (Å²) in [6, 6.07) is 0. The van der Waals surface area contributed by atoms with Gasteiger partial charge in [-0.3, -0.25) is 0 Å². The van der Waals surface area contributed by atoms with Gasteiger partial charge in [-0.15, -0.1) is 0 Å². The van der Waals surface area contributed by atoms with Crippen molar-refractivity contribution in [3.05, 3.63) is 24.0 Å². The largest absolute Gasteiger partial charge is 0.476 e. The molecule has 8 heteroatoms. The number of aryl methyl sites for hydroxylation is 1. The van der Waals surface area contributed by atoms with E-state index >= 15 is 0 Å². The van der Waals surface area contributed by atoms with Gasteiger partial charge in [-0.05, 0) is 11.8 Å². The highest BCUT2D eigenvalue weighted by Crippen LogP contribution is 2.27. The zero-order valence-corrected chi connectivity index (χ0v) is 11.5. The summed E-state index contributed by atoms with van der Waals surface area (Å²) in [6.07, 6.45) is 2.93. The molecular weight excluding hydrogens is 266 g/mol.